The van der Waals surface area contributed by atoms with Crippen molar-refractivity contribution in [2.24, 2.45) is 0 Å². The van der Waals surface area contributed by atoms with E-state index in [1.807, 2.05) is 0 Å². The lowest BCUT2D eigenvalue weighted by Gasteiger charge is -2.49. The number of aromatic hydroxyl groups is 1. The second-order valence-corrected chi connectivity index (χ2v) is 8.58. The van der Waals surface area contributed by atoms with Gasteiger partial charge in [-0.3, -0.25) is 4.79 Å². The predicted molar refractivity (Wildman–Crippen MR) is 101 cm³/mol. The molecule has 0 spiro atoms. The van der Waals surface area contributed by atoms with E-state index in [9.17, 15) is 37.0 Å². The predicted octanol–water partition coefficient (Wildman–Crippen LogP) is 4.04. The largest absolute Gasteiger partial charge is 0.508 e. The van der Waals surface area contributed by atoms with E-state index in [1.54, 1.807) is 0 Å². The molecule has 2 aliphatic rings. The van der Waals surface area contributed by atoms with E-state index in [-0.39, 0.29) is 28.9 Å². The van der Waals surface area contributed by atoms with Gasteiger partial charge in [-0.1, -0.05) is 13.8 Å². The van der Waals surface area contributed by atoms with Crippen LogP contribution in [0.5, 0.6) is 5.75 Å². The van der Waals surface area contributed by atoms with Crippen LogP contribution in [-0.4, -0.2) is 27.9 Å². The van der Waals surface area contributed by atoms with Gasteiger partial charge in [0, 0.05) is 34.5 Å². The first kappa shape index (κ1) is 21.4. The Labute approximate surface area is 173 Å². The van der Waals surface area contributed by atoms with Gasteiger partial charge in [-0.15, -0.1) is 0 Å². The number of amides is 1. The Kier molecular flexibility index (Phi) is 4.52. The summed E-state index contributed by atoms with van der Waals surface area (Å²) in [5, 5.41) is 26.1. The molecule has 4 rings (SSSR count). The number of alkyl halides is 3. The van der Waals surface area contributed by atoms with E-state index in [0.717, 1.165) is 24.3 Å². The molecule has 2 aromatic carbocycles. The zero-order valence-electron chi connectivity index (χ0n) is 16.5. The Morgan fingerprint density at radius 2 is 1.87 bits per heavy atom. The molecule has 2 atom stereocenters. The summed E-state index contributed by atoms with van der Waals surface area (Å²) < 4.78 is 71.5. The van der Waals surface area contributed by atoms with Crippen molar-refractivity contribution >= 4 is 11.6 Å². The minimum absolute atomic E-state index is 0.0641. The van der Waals surface area contributed by atoms with Crippen molar-refractivity contribution in [1.82, 2.24) is 5.32 Å². The van der Waals surface area contributed by atoms with Crippen molar-refractivity contribution in [2.45, 2.75) is 50.0 Å². The van der Waals surface area contributed by atoms with Crippen molar-refractivity contribution < 1.29 is 37.0 Å². The fourth-order valence-corrected chi connectivity index (χ4v) is 4.71. The zero-order chi connectivity index (χ0) is 22.9. The fourth-order valence-electron chi connectivity index (χ4n) is 4.71. The molecule has 1 aliphatic heterocycles. The van der Waals surface area contributed by atoms with Gasteiger partial charge in [-0.2, -0.15) is 13.2 Å². The minimum Gasteiger partial charge on any atom is -0.508 e. The number of rotatable bonds is 2. The molecule has 166 valence electrons. The molecule has 10 heteroatoms. The molecule has 5 nitrogen and oxygen atoms in total. The van der Waals surface area contributed by atoms with Crippen molar-refractivity contribution in [3.8, 4) is 5.75 Å². The molecule has 0 aromatic heterocycles. The molecule has 31 heavy (non-hydrogen) atoms. The summed E-state index contributed by atoms with van der Waals surface area (Å²) >= 11 is 0. The Balaban J connectivity index is 1.97. The van der Waals surface area contributed by atoms with Crippen LogP contribution < -0.4 is 10.6 Å². The number of carbonyl (C=O) groups excluding carboxylic acids is 1. The first-order valence-corrected chi connectivity index (χ1v) is 9.44. The van der Waals surface area contributed by atoms with Gasteiger partial charge in [0.15, 0.2) is 5.60 Å². The monoisotopic (exact) mass is 442 g/mol. The maximum Gasteiger partial charge on any atom is 0.419 e. The first-order chi connectivity index (χ1) is 14.3. The Morgan fingerprint density at radius 3 is 2.52 bits per heavy atom. The van der Waals surface area contributed by atoms with Crippen LogP contribution in [0.25, 0.3) is 0 Å². The molecular formula is C21H19F5N2O3. The van der Waals surface area contributed by atoms with Crippen LogP contribution in [0.1, 0.15) is 53.4 Å². The molecular weight excluding hydrogens is 423 g/mol. The number of phenols is 1. The fraction of sp³-hybridized carbons (Fsp3) is 0.381. The van der Waals surface area contributed by atoms with E-state index < -0.39 is 58.5 Å². The molecule has 0 bridgehead atoms. The molecule has 1 amide bonds. The van der Waals surface area contributed by atoms with Gasteiger partial charge in [-0.05, 0) is 36.1 Å². The zero-order valence-corrected chi connectivity index (χ0v) is 16.5. The van der Waals surface area contributed by atoms with Crippen molar-refractivity contribution in [2.75, 3.05) is 5.32 Å². The number of halogens is 5. The van der Waals surface area contributed by atoms with Gasteiger partial charge in [0.05, 0.1) is 6.04 Å². The second kappa shape index (κ2) is 6.56. The molecule has 0 radical (unpaired) electrons. The standard InChI is InChI=1S/C21H19F5N2O3/c1-19(2)8-20(31,21(24,25)26)17(15-12(23)3-4-14(29)16(15)19)28-13-6-9(22)5-10-11(13)7-27-18(10)30/h3-6,17,28-29,31H,7-8H2,1-2H3,(H,27,30). The number of benzene rings is 2. The first-order valence-electron chi connectivity index (χ1n) is 9.44. The quantitative estimate of drug-likeness (QED) is 0.530. The summed E-state index contributed by atoms with van der Waals surface area (Å²) in [6.07, 6.45) is -6.08. The van der Waals surface area contributed by atoms with Crippen LogP contribution in [0.4, 0.5) is 27.6 Å². The van der Waals surface area contributed by atoms with E-state index in [0.29, 0.717) is 0 Å². The molecule has 0 saturated carbocycles. The maximum absolute atomic E-state index is 14.9. The van der Waals surface area contributed by atoms with Gasteiger partial charge in [0.1, 0.15) is 17.4 Å². The highest BCUT2D eigenvalue weighted by Gasteiger charge is 2.65. The van der Waals surface area contributed by atoms with E-state index in [2.05, 4.69) is 10.6 Å². The van der Waals surface area contributed by atoms with Crippen molar-refractivity contribution in [3.05, 3.63) is 58.2 Å². The summed E-state index contributed by atoms with van der Waals surface area (Å²) in [5.41, 5.74) is -5.59. The third kappa shape index (κ3) is 3.12. The van der Waals surface area contributed by atoms with Crippen LogP contribution >= 0.6 is 0 Å². The van der Waals surface area contributed by atoms with E-state index >= 15 is 0 Å². The molecule has 2 unspecified atom stereocenters. The normalized spacial score (nSPS) is 24.4. The topological polar surface area (TPSA) is 81.6 Å². The Morgan fingerprint density at radius 1 is 1.19 bits per heavy atom. The van der Waals surface area contributed by atoms with Gasteiger partial charge in [-0.25, -0.2) is 8.78 Å². The summed E-state index contributed by atoms with van der Waals surface area (Å²) in [4.78, 5) is 11.9. The van der Waals surface area contributed by atoms with Crippen LogP contribution in [0.3, 0.4) is 0 Å². The number of phenolic OH excluding ortho intramolecular Hbond substituents is 1. The van der Waals surface area contributed by atoms with Crippen LogP contribution in [0, 0.1) is 11.6 Å². The number of carbonyl (C=O) groups is 1. The third-order valence-corrected chi connectivity index (χ3v) is 6.00. The molecule has 1 aliphatic carbocycles. The van der Waals surface area contributed by atoms with Crippen LogP contribution in [-0.2, 0) is 12.0 Å². The molecule has 4 N–H and O–H groups in total. The van der Waals surface area contributed by atoms with Gasteiger partial charge < -0.3 is 20.8 Å². The maximum atomic E-state index is 14.9. The van der Waals surface area contributed by atoms with Gasteiger partial charge >= 0.3 is 6.18 Å². The van der Waals surface area contributed by atoms with Gasteiger partial charge in [0.2, 0.25) is 0 Å². The summed E-state index contributed by atoms with van der Waals surface area (Å²) in [5.74, 6) is -2.97. The lowest BCUT2D eigenvalue weighted by atomic mass is 9.63. The van der Waals surface area contributed by atoms with Crippen LogP contribution in [0.2, 0.25) is 0 Å². The van der Waals surface area contributed by atoms with E-state index in [1.165, 1.54) is 13.8 Å². The molecule has 0 fully saturated rings. The number of hydrogen-bond donors (Lipinski definition) is 4. The number of nitrogens with one attached hydrogen (secondary N) is 2. The second-order valence-electron chi connectivity index (χ2n) is 8.58. The Bertz CT molecular complexity index is 1100. The average molecular weight is 442 g/mol. The lowest BCUT2D eigenvalue weighted by molar-refractivity contribution is -0.276. The molecule has 1 heterocycles. The highest BCUT2D eigenvalue weighted by Crippen LogP contribution is 2.56. The molecule has 2 aromatic rings. The smallest absolute Gasteiger partial charge is 0.419 e. The Hall–Kier alpha value is -2.88. The van der Waals surface area contributed by atoms with Crippen molar-refractivity contribution in [3.63, 3.8) is 0 Å². The number of hydrogen-bond acceptors (Lipinski definition) is 4. The summed E-state index contributed by atoms with van der Waals surface area (Å²) in [7, 11) is 0. The highest BCUT2D eigenvalue weighted by molar-refractivity contribution is 6.00. The number of fused-ring (bicyclic) bond motifs is 2. The number of anilines is 1. The third-order valence-electron chi connectivity index (χ3n) is 6.00. The van der Waals surface area contributed by atoms with Crippen LogP contribution in [0.15, 0.2) is 24.3 Å². The van der Waals surface area contributed by atoms with Gasteiger partial charge in [0.25, 0.3) is 5.91 Å². The molecule has 0 saturated heterocycles. The SMILES string of the molecule is CC1(C)CC(O)(C(F)(F)F)C(Nc2cc(F)cc3c2CNC3=O)c2c(F)ccc(O)c21. The summed E-state index contributed by atoms with van der Waals surface area (Å²) in [6.45, 7) is 2.65. The summed E-state index contributed by atoms with van der Waals surface area (Å²) in [6, 6.07) is 1.57. The highest BCUT2D eigenvalue weighted by atomic mass is 19.4. The van der Waals surface area contributed by atoms with Crippen molar-refractivity contribution in [1.29, 1.82) is 0 Å². The minimum atomic E-state index is -5.19. The number of aliphatic hydroxyl groups is 1. The average Bonchev–Trinajstić information content (AvgIpc) is 3.00. The lowest BCUT2D eigenvalue weighted by Crippen LogP contribution is -2.58. The van der Waals surface area contributed by atoms with E-state index in [4.69, 9.17) is 0 Å².